The van der Waals surface area contributed by atoms with Gasteiger partial charge < -0.3 is 5.32 Å². The number of hydrogen-bond acceptors (Lipinski definition) is 3. The Hall–Kier alpha value is -2.69. The van der Waals surface area contributed by atoms with E-state index >= 15 is 0 Å². The van der Waals surface area contributed by atoms with Crippen LogP contribution in [0, 0.1) is 13.8 Å². The molecule has 20 heavy (non-hydrogen) atoms. The minimum absolute atomic E-state index is 0.138. The maximum atomic E-state index is 12.1. The maximum absolute atomic E-state index is 12.1. The molecule has 0 atom stereocenters. The van der Waals surface area contributed by atoms with Crippen LogP contribution in [0.15, 0.2) is 42.6 Å². The van der Waals surface area contributed by atoms with Crippen molar-refractivity contribution in [3.63, 3.8) is 0 Å². The normalized spacial score (nSPS) is 10.7. The van der Waals surface area contributed by atoms with Crippen LogP contribution in [0.3, 0.4) is 0 Å². The summed E-state index contributed by atoms with van der Waals surface area (Å²) in [5.74, 6) is 0.563. The van der Waals surface area contributed by atoms with Crippen molar-refractivity contribution in [3.8, 4) is 0 Å². The van der Waals surface area contributed by atoms with Crippen LogP contribution in [-0.4, -0.2) is 20.5 Å². The molecule has 3 rings (SSSR count). The van der Waals surface area contributed by atoms with E-state index in [4.69, 9.17) is 0 Å². The molecule has 5 heteroatoms. The number of aromatic nitrogens is 3. The second-order valence-electron chi connectivity index (χ2n) is 4.70. The molecule has 0 fully saturated rings. The molecule has 1 N–H and O–H groups in total. The lowest BCUT2D eigenvalue weighted by Gasteiger charge is -2.05. The molecule has 0 saturated heterocycles. The third-order valence-electron chi connectivity index (χ3n) is 3.01. The Morgan fingerprint density at radius 2 is 1.85 bits per heavy atom. The standard InChI is InChI=1S/C15H14N4O/c1-10-3-5-12(6-4-10)15(20)17-13-7-8-14-16-11(2)18-19(14)9-13/h3-9H,1-2H3,(H,17,20). The number of fused-ring (bicyclic) bond motifs is 1. The molecule has 0 saturated carbocycles. The second-order valence-corrected chi connectivity index (χ2v) is 4.70. The molecule has 0 bridgehead atoms. The van der Waals surface area contributed by atoms with Crippen LogP contribution >= 0.6 is 0 Å². The average molecular weight is 266 g/mol. The number of aryl methyl sites for hydroxylation is 2. The highest BCUT2D eigenvalue weighted by molar-refractivity contribution is 6.04. The summed E-state index contributed by atoms with van der Waals surface area (Å²) in [6.07, 6.45) is 1.75. The number of hydrogen-bond donors (Lipinski definition) is 1. The molecule has 1 aromatic carbocycles. The van der Waals surface area contributed by atoms with Crippen molar-refractivity contribution in [2.24, 2.45) is 0 Å². The molecular weight excluding hydrogens is 252 g/mol. The Labute approximate surface area is 116 Å². The summed E-state index contributed by atoms with van der Waals surface area (Å²) in [5.41, 5.74) is 3.20. The van der Waals surface area contributed by atoms with Crippen LogP contribution in [0.25, 0.3) is 5.65 Å². The molecule has 2 aromatic heterocycles. The highest BCUT2D eigenvalue weighted by atomic mass is 16.1. The number of amides is 1. The predicted molar refractivity (Wildman–Crippen MR) is 76.9 cm³/mol. The van der Waals surface area contributed by atoms with Gasteiger partial charge in [0.2, 0.25) is 0 Å². The van der Waals surface area contributed by atoms with Gasteiger partial charge in [0.1, 0.15) is 5.82 Å². The van der Waals surface area contributed by atoms with E-state index in [0.717, 1.165) is 11.2 Å². The topological polar surface area (TPSA) is 59.3 Å². The van der Waals surface area contributed by atoms with E-state index in [9.17, 15) is 4.79 Å². The van der Waals surface area contributed by atoms with E-state index in [-0.39, 0.29) is 5.91 Å². The van der Waals surface area contributed by atoms with Crippen molar-refractivity contribution in [3.05, 3.63) is 59.5 Å². The Bertz CT molecular complexity index is 774. The maximum Gasteiger partial charge on any atom is 0.255 e. The predicted octanol–water partition coefficient (Wildman–Crippen LogP) is 2.60. The fourth-order valence-corrected chi connectivity index (χ4v) is 1.98. The number of pyridine rings is 1. The van der Waals surface area contributed by atoms with Gasteiger partial charge in [0, 0.05) is 5.56 Å². The van der Waals surface area contributed by atoms with Crippen molar-refractivity contribution >= 4 is 17.2 Å². The lowest BCUT2D eigenvalue weighted by atomic mass is 10.1. The van der Waals surface area contributed by atoms with Crippen LogP contribution in [0.1, 0.15) is 21.7 Å². The van der Waals surface area contributed by atoms with Crippen LogP contribution in [0.4, 0.5) is 5.69 Å². The molecule has 0 aliphatic heterocycles. The number of nitrogens with zero attached hydrogens (tertiary/aromatic N) is 3. The minimum atomic E-state index is -0.138. The molecule has 0 radical (unpaired) electrons. The third-order valence-corrected chi connectivity index (χ3v) is 3.01. The summed E-state index contributed by atoms with van der Waals surface area (Å²) in [7, 11) is 0. The zero-order valence-corrected chi connectivity index (χ0v) is 11.3. The van der Waals surface area contributed by atoms with Gasteiger partial charge in [-0.1, -0.05) is 17.7 Å². The van der Waals surface area contributed by atoms with Crippen molar-refractivity contribution < 1.29 is 4.79 Å². The Kier molecular flexibility index (Phi) is 2.95. The van der Waals surface area contributed by atoms with E-state index in [2.05, 4.69) is 15.4 Å². The average Bonchev–Trinajstić information content (AvgIpc) is 2.78. The Morgan fingerprint density at radius 3 is 2.60 bits per heavy atom. The quantitative estimate of drug-likeness (QED) is 0.775. The molecule has 100 valence electrons. The number of nitrogens with one attached hydrogen (secondary N) is 1. The summed E-state index contributed by atoms with van der Waals surface area (Å²) in [4.78, 5) is 16.4. The molecular formula is C15H14N4O. The fraction of sp³-hybridized carbons (Fsp3) is 0.133. The molecule has 0 spiro atoms. The van der Waals surface area contributed by atoms with E-state index < -0.39 is 0 Å². The molecule has 5 nitrogen and oxygen atoms in total. The van der Waals surface area contributed by atoms with Gasteiger partial charge in [0.15, 0.2) is 5.65 Å². The van der Waals surface area contributed by atoms with E-state index in [1.54, 1.807) is 10.7 Å². The van der Waals surface area contributed by atoms with Crippen LogP contribution < -0.4 is 5.32 Å². The molecule has 0 aliphatic rings. The number of anilines is 1. The Morgan fingerprint density at radius 1 is 1.10 bits per heavy atom. The van der Waals surface area contributed by atoms with Gasteiger partial charge in [0.05, 0.1) is 11.9 Å². The lowest BCUT2D eigenvalue weighted by molar-refractivity contribution is 0.102. The van der Waals surface area contributed by atoms with Gasteiger partial charge in [-0.25, -0.2) is 9.50 Å². The summed E-state index contributed by atoms with van der Waals surface area (Å²) >= 11 is 0. The van der Waals surface area contributed by atoms with Gasteiger partial charge in [0.25, 0.3) is 5.91 Å². The summed E-state index contributed by atoms with van der Waals surface area (Å²) in [6, 6.07) is 11.1. The first-order valence-electron chi connectivity index (χ1n) is 6.33. The zero-order chi connectivity index (χ0) is 14.1. The van der Waals surface area contributed by atoms with E-state index in [0.29, 0.717) is 17.1 Å². The number of benzene rings is 1. The largest absolute Gasteiger partial charge is 0.321 e. The van der Waals surface area contributed by atoms with Gasteiger partial charge in [-0.05, 0) is 38.1 Å². The first-order valence-corrected chi connectivity index (χ1v) is 6.33. The Balaban J connectivity index is 1.84. The SMILES string of the molecule is Cc1ccc(C(=O)Nc2ccc3nc(C)nn3c2)cc1. The van der Waals surface area contributed by atoms with E-state index in [1.807, 2.05) is 50.2 Å². The summed E-state index contributed by atoms with van der Waals surface area (Å²) < 4.78 is 1.65. The fourth-order valence-electron chi connectivity index (χ4n) is 1.98. The van der Waals surface area contributed by atoms with Crippen LogP contribution in [0.2, 0.25) is 0 Å². The number of rotatable bonds is 2. The highest BCUT2D eigenvalue weighted by Crippen LogP contribution is 2.12. The number of carbonyl (C=O) groups is 1. The summed E-state index contributed by atoms with van der Waals surface area (Å²) in [5, 5.41) is 7.07. The summed E-state index contributed by atoms with van der Waals surface area (Å²) in [6.45, 7) is 3.82. The van der Waals surface area contributed by atoms with Gasteiger partial charge >= 0.3 is 0 Å². The van der Waals surface area contributed by atoms with Crippen molar-refractivity contribution in [1.29, 1.82) is 0 Å². The number of carbonyl (C=O) groups excluding carboxylic acids is 1. The first kappa shape index (κ1) is 12.3. The van der Waals surface area contributed by atoms with Gasteiger partial charge in [-0.3, -0.25) is 4.79 Å². The molecule has 1 amide bonds. The molecule has 3 aromatic rings. The lowest BCUT2D eigenvalue weighted by Crippen LogP contribution is -2.12. The molecule has 2 heterocycles. The molecule has 0 aliphatic carbocycles. The van der Waals surface area contributed by atoms with Gasteiger partial charge in [-0.2, -0.15) is 5.10 Å². The minimum Gasteiger partial charge on any atom is -0.321 e. The van der Waals surface area contributed by atoms with Crippen LogP contribution in [-0.2, 0) is 0 Å². The van der Waals surface area contributed by atoms with Gasteiger partial charge in [-0.15, -0.1) is 0 Å². The van der Waals surface area contributed by atoms with Crippen molar-refractivity contribution in [2.45, 2.75) is 13.8 Å². The van der Waals surface area contributed by atoms with Crippen molar-refractivity contribution in [1.82, 2.24) is 14.6 Å². The van der Waals surface area contributed by atoms with Crippen molar-refractivity contribution in [2.75, 3.05) is 5.32 Å². The zero-order valence-electron chi connectivity index (χ0n) is 11.3. The van der Waals surface area contributed by atoms with Crippen LogP contribution in [0.5, 0.6) is 0 Å². The molecule has 0 unspecified atom stereocenters. The second kappa shape index (κ2) is 4.77. The first-order chi connectivity index (χ1) is 9.61. The highest BCUT2D eigenvalue weighted by Gasteiger charge is 2.07. The van der Waals surface area contributed by atoms with E-state index in [1.165, 1.54) is 0 Å². The smallest absolute Gasteiger partial charge is 0.255 e. The monoisotopic (exact) mass is 266 g/mol. The third kappa shape index (κ3) is 2.38.